The number of hydrogen-bond acceptors (Lipinski definition) is 4. The number of amides is 1. The number of aromatic nitrogens is 1. The maximum absolute atomic E-state index is 13.5. The van der Waals surface area contributed by atoms with E-state index in [9.17, 15) is 23.1 Å². The van der Waals surface area contributed by atoms with Crippen LogP contribution in [0.3, 0.4) is 0 Å². The molecule has 1 aromatic heterocycles. The molecular weight excluding hydrogens is 403 g/mol. The Hall–Kier alpha value is -2.26. The van der Waals surface area contributed by atoms with E-state index in [-0.39, 0.29) is 16.3 Å². The molecule has 0 spiro atoms. The van der Waals surface area contributed by atoms with E-state index in [0.717, 1.165) is 0 Å². The third-order valence-electron chi connectivity index (χ3n) is 3.70. The van der Waals surface area contributed by atoms with Gasteiger partial charge in [0.05, 0.1) is 12.1 Å². The van der Waals surface area contributed by atoms with Gasteiger partial charge in [0.1, 0.15) is 0 Å². The van der Waals surface area contributed by atoms with E-state index in [1.54, 1.807) is 6.07 Å². The average molecular weight is 414 g/mol. The second-order valence-electron chi connectivity index (χ2n) is 5.41. The number of aliphatic hydroxyl groups is 1. The molecule has 5 nitrogen and oxygen atoms in total. The van der Waals surface area contributed by atoms with Crippen LogP contribution in [0.2, 0.25) is 0 Å². The van der Waals surface area contributed by atoms with Gasteiger partial charge in [0.15, 0.2) is 0 Å². The van der Waals surface area contributed by atoms with Crippen molar-refractivity contribution in [1.82, 2.24) is 9.99 Å². The first-order valence-electron chi connectivity index (χ1n) is 7.09. The molecule has 0 fully saturated rings. The fraction of sp³-hybridized carbons (Fsp3) is 0.188. The monoisotopic (exact) mass is 413 g/mol. The summed E-state index contributed by atoms with van der Waals surface area (Å²) in [5.41, 5.74) is -3.23. The molecule has 0 saturated carbocycles. The number of rotatable bonds is 2. The normalized spacial score (nSPS) is 20.5. The topological polar surface area (TPSA) is 65.8 Å². The summed E-state index contributed by atoms with van der Waals surface area (Å²) in [7, 11) is 0. The predicted octanol–water partition coefficient (Wildman–Crippen LogP) is 3.35. The molecular formula is C16H11BrF3N3O2. The molecule has 0 aliphatic carbocycles. The van der Waals surface area contributed by atoms with Gasteiger partial charge in [-0.3, -0.25) is 9.78 Å². The molecule has 2 heterocycles. The number of alkyl halides is 3. The van der Waals surface area contributed by atoms with E-state index < -0.39 is 24.2 Å². The van der Waals surface area contributed by atoms with Crippen LogP contribution in [0.5, 0.6) is 0 Å². The highest BCUT2D eigenvalue weighted by atomic mass is 79.9. The van der Waals surface area contributed by atoms with Gasteiger partial charge >= 0.3 is 6.18 Å². The van der Waals surface area contributed by atoms with Gasteiger partial charge in [-0.2, -0.15) is 23.3 Å². The Morgan fingerprint density at radius 1 is 1.28 bits per heavy atom. The Balaban J connectivity index is 2.06. The molecule has 1 atom stereocenters. The second kappa shape index (κ2) is 6.23. The van der Waals surface area contributed by atoms with Crippen LogP contribution in [0, 0.1) is 0 Å². The van der Waals surface area contributed by atoms with E-state index in [4.69, 9.17) is 0 Å². The highest BCUT2D eigenvalue weighted by Gasteiger charge is 2.63. The number of hydrogen-bond donors (Lipinski definition) is 1. The van der Waals surface area contributed by atoms with Crippen LogP contribution in [-0.4, -0.2) is 38.6 Å². The summed E-state index contributed by atoms with van der Waals surface area (Å²) in [5.74, 6) is -1.06. The molecule has 0 saturated heterocycles. The highest BCUT2D eigenvalue weighted by molar-refractivity contribution is 9.10. The number of benzene rings is 1. The molecule has 1 aliphatic rings. The fourth-order valence-electron chi connectivity index (χ4n) is 2.42. The van der Waals surface area contributed by atoms with Crippen LogP contribution in [0.1, 0.15) is 22.3 Å². The third kappa shape index (κ3) is 3.16. The molecule has 1 aromatic carbocycles. The first-order valence-corrected chi connectivity index (χ1v) is 7.89. The number of nitrogens with zero attached hydrogens (tertiary/aromatic N) is 3. The lowest BCUT2D eigenvalue weighted by Gasteiger charge is -2.32. The van der Waals surface area contributed by atoms with Crippen molar-refractivity contribution in [1.29, 1.82) is 0 Å². The molecule has 1 N–H and O–H groups in total. The summed E-state index contributed by atoms with van der Waals surface area (Å²) in [6.45, 7) is 0. The van der Waals surface area contributed by atoms with Gasteiger partial charge in [-0.15, -0.1) is 0 Å². The maximum Gasteiger partial charge on any atom is 0.438 e. The number of carbonyl (C=O) groups excluding carboxylic acids is 1. The molecule has 0 radical (unpaired) electrons. The van der Waals surface area contributed by atoms with Gasteiger partial charge in [-0.25, -0.2) is 0 Å². The Bertz CT molecular complexity index is 842. The molecule has 1 amide bonds. The summed E-state index contributed by atoms with van der Waals surface area (Å²) in [6.07, 6.45) is -3.17. The minimum absolute atomic E-state index is 0.0340. The lowest BCUT2D eigenvalue weighted by molar-refractivity contribution is -0.297. The van der Waals surface area contributed by atoms with Crippen molar-refractivity contribution >= 4 is 27.5 Å². The number of pyridine rings is 1. The lowest BCUT2D eigenvalue weighted by Crippen LogP contribution is -2.56. The zero-order chi connectivity index (χ0) is 18.2. The van der Waals surface area contributed by atoms with Gasteiger partial charge in [0.2, 0.25) is 0 Å². The number of halogens is 4. The Kier molecular flexibility index (Phi) is 4.38. The van der Waals surface area contributed by atoms with Crippen molar-refractivity contribution < 1.29 is 23.1 Å². The summed E-state index contributed by atoms with van der Waals surface area (Å²) in [5, 5.41) is 14.1. The van der Waals surface area contributed by atoms with Crippen LogP contribution in [0.25, 0.3) is 0 Å². The SMILES string of the molecule is O=C(c1cccc(Br)c1)N1N=C(c2cccnc2)CC1(O)C(F)(F)F. The van der Waals surface area contributed by atoms with Crippen molar-refractivity contribution in [3.63, 3.8) is 0 Å². The predicted molar refractivity (Wildman–Crippen MR) is 86.7 cm³/mol. The van der Waals surface area contributed by atoms with Gasteiger partial charge in [0.25, 0.3) is 11.6 Å². The first-order chi connectivity index (χ1) is 11.7. The van der Waals surface area contributed by atoms with Gasteiger partial charge < -0.3 is 5.11 Å². The summed E-state index contributed by atoms with van der Waals surface area (Å²) in [6, 6.07) is 8.88. The van der Waals surface area contributed by atoms with Crippen molar-refractivity contribution in [2.24, 2.45) is 5.10 Å². The van der Waals surface area contributed by atoms with Crippen molar-refractivity contribution in [2.45, 2.75) is 18.3 Å². The van der Waals surface area contributed by atoms with Crippen LogP contribution in [0.4, 0.5) is 13.2 Å². The maximum atomic E-state index is 13.5. The molecule has 130 valence electrons. The van der Waals surface area contributed by atoms with E-state index in [2.05, 4.69) is 26.0 Å². The van der Waals surface area contributed by atoms with Crippen molar-refractivity contribution in [2.75, 3.05) is 0 Å². The number of hydrazone groups is 1. The molecule has 0 bridgehead atoms. The fourth-order valence-corrected chi connectivity index (χ4v) is 2.82. The smallest absolute Gasteiger partial charge is 0.362 e. The van der Waals surface area contributed by atoms with E-state index in [1.807, 2.05) is 0 Å². The zero-order valence-electron chi connectivity index (χ0n) is 12.5. The van der Waals surface area contributed by atoms with Crippen LogP contribution >= 0.6 is 15.9 Å². The number of carbonyl (C=O) groups is 1. The molecule has 1 aliphatic heterocycles. The van der Waals surface area contributed by atoms with Gasteiger partial charge in [0, 0.05) is 28.0 Å². The quantitative estimate of drug-likeness (QED) is 0.820. The minimum atomic E-state index is -5.08. The molecule has 3 rings (SSSR count). The summed E-state index contributed by atoms with van der Waals surface area (Å²) in [4.78, 5) is 16.4. The first kappa shape index (κ1) is 17.6. The van der Waals surface area contributed by atoms with Gasteiger partial charge in [-0.1, -0.05) is 28.1 Å². The highest BCUT2D eigenvalue weighted by Crippen LogP contribution is 2.42. The molecule has 1 unspecified atom stereocenters. The Morgan fingerprint density at radius 3 is 2.64 bits per heavy atom. The molecule has 25 heavy (non-hydrogen) atoms. The largest absolute Gasteiger partial charge is 0.438 e. The van der Waals surface area contributed by atoms with Crippen LogP contribution in [0.15, 0.2) is 58.4 Å². The zero-order valence-corrected chi connectivity index (χ0v) is 14.1. The average Bonchev–Trinajstić information content (AvgIpc) is 2.94. The van der Waals surface area contributed by atoms with Crippen molar-refractivity contribution in [3.05, 3.63) is 64.4 Å². The Morgan fingerprint density at radius 2 is 2.04 bits per heavy atom. The van der Waals surface area contributed by atoms with Crippen LogP contribution in [-0.2, 0) is 0 Å². The van der Waals surface area contributed by atoms with Crippen molar-refractivity contribution in [3.8, 4) is 0 Å². The van der Waals surface area contributed by atoms with E-state index in [1.165, 1.54) is 42.7 Å². The summed E-state index contributed by atoms with van der Waals surface area (Å²) < 4.78 is 41.0. The van der Waals surface area contributed by atoms with E-state index in [0.29, 0.717) is 10.0 Å². The van der Waals surface area contributed by atoms with Gasteiger partial charge in [-0.05, 0) is 24.3 Å². The third-order valence-corrected chi connectivity index (χ3v) is 4.19. The second-order valence-corrected chi connectivity index (χ2v) is 6.32. The standard InChI is InChI=1S/C16H11BrF3N3O2/c17-12-5-1-3-10(7-12)14(24)23-15(25,16(18,19)20)8-13(22-23)11-4-2-6-21-9-11/h1-7,9,25H,8H2. The van der Waals surface area contributed by atoms with Crippen LogP contribution < -0.4 is 0 Å². The minimum Gasteiger partial charge on any atom is -0.362 e. The molecule has 9 heteroatoms. The Labute approximate surface area is 148 Å². The summed E-state index contributed by atoms with van der Waals surface area (Å²) >= 11 is 3.16. The lowest BCUT2D eigenvalue weighted by atomic mass is 10.0. The van der Waals surface area contributed by atoms with E-state index >= 15 is 0 Å². The molecule has 2 aromatic rings.